The Balaban J connectivity index is 2.08. The van der Waals surface area contributed by atoms with Gasteiger partial charge in [0.05, 0.1) is 6.42 Å². The predicted octanol–water partition coefficient (Wildman–Crippen LogP) is 2.02. The Labute approximate surface area is 114 Å². The van der Waals surface area contributed by atoms with Gasteiger partial charge in [-0.05, 0) is 31.0 Å². The summed E-state index contributed by atoms with van der Waals surface area (Å²) in [4.78, 5) is 23.2. The third-order valence-electron chi connectivity index (χ3n) is 3.60. The van der Waals surface area contributed by atoms with Crippen LogP contribution in [0.3, 0.4) is 0 Å². The van der Waals surface area contributed by atoms with Crippen LogP contribution in [0.2, 0.25) is 0 Å². The highest BCUT2D eigenvalue weighted by atomic mass is 19.1. The van der Waals surface area contributed by atoms with Gasteiger partial charge in [-0.25, -0.2) is 13.6 Å². The number of carbonyl (C=O) groups is 2. The van der Waals surface area contributed by atoms with Crippen molar-refractivity contribution >= 4 is 11.9 Å². The van der Waals surface area contributed by atoms with Crippen LogP contribution in [0.25, 0.3) is 0 Å². The summed E-state index contributed by atoms with van der Waals surface area (Å²) in [6.45, 7) is 0. The molecule has 0 unspecified atom stereocenters. The summed E-state index contributed by atoms with van der Waals surface area (Å²) >= 11 is 0. The van der Waals surface area contributed by atoms with Crippen molar-refractivity contribution in [1.29, 1.82) is 0 Å². The molecular weight excluding hydrogens is 268 g/mol. The number of rotatable bonds is 4. The summed E-state index contributed by atoms with van der Waals surface area (Å²) in [6, 6.07) is 2.85. The molecule has 2 rings (SSSR count). The van der Waals surface area contributed by atoms with Crippen LogP contribution in [0.5, 0.6) is 0 Å². The van der Waals surface area contributed by atoms with Crippen molar-refractivity contribution in [1.82, 2.24) is 5.32 Å². The third-order valence-corrected chi connectivity index (χ3v) is 3.60. The second kappa shape index (κ2) is 5.56. The maximum atomic E-state index is 13.4. The molecule has 0 radical (unpaired) electrons. The molecule has 1 aromatic carbocycles. The predicted molar refractivity (Wildman–Crippen MR) is 67.0 cm³/mol. The first-order valence-electron chi connectivity index (χ1n) is 6.41. The molecule has 108 valence electrons. The van der Waals surface area contributed by atoms with Crippen LogP contribution < -0.4 is 5.32 Å². The van der Waals surface area contributed by atoms with Gasteiger partial charge in [0, 0.05) is 5.56 Å². The van der Waals surface area contributed by atoms with E-state index in [-0.39, 0.29) is 12.0 Å². The topological polar surface area (TPSA) is 66.4 Å². The van der Waals surface area contributed by atoms with E-state index in [4.69, 9.17) is 0 Å². The maximum absolute atomic E-state index is 13.4. The minimum atomic E-state index is -1.26. The van der Waals surface area contributed by atoms with Crippen molar-refractivity contribution in [2.24, 2.45) is 0 Å². The van der Waals surface area contributed by atoms with Crippen LogP contribution in [-0.4, -0.2) is 22.5 Å². The molecule has 0 saturated heterocycles. The van der Waals surface area contributed by atoms with Gasteiger partial charge in [-0.3, -0.25) is 4.79 Å². The van der Waals surface area contributed by atoms with Gasteiger partial charge in [-0.1, -0.05) is 12.8 Å². The molecule has 0 atom stereocenters. The van der Waals surface area contributed by atoms with Crippen molar-refractivity contribution in [3.8, 4) is 0 Å². The van der Waals surface area contributed by atoms with Crippen LogP contribution in [-0.2, 0) is 16.0 Å². The second-order valence-corrected chi connectivity index (χ2v) is 5.06. The van der Waals surface area contributed by atoms with E-state index in [1.165, 1.54) is 0 Å². The number of hydrogen-bond donors (Lipinski definition) is 2. The number of benzene rings is 1. The van der Waals surface area contributed by atoms with Crippen LogP contribution in [0, 0.1) is 11.6 Å². The fourth-order valence-electron chi connectivity index (χ4n) is 2.53. The minimum absolute atomic E-state index is 0.0824. The molecule has 0 aromatic heterocycles. The van der Waals surface area contributed by atoms with Gasteiger partial charge >= 0.3 is 5.97 Å². The van der Waals surface area contributed by atoms with Gasteiger partial charge in [0.2, 0.25) is 5.91 Å². The lowest BCUT2D eigenvalue weighted by Crippen LogP contribution is -2.53. The molecule has 1 fully saturated rings. The Morgan fingerprint density at radius 1 is 1.25 bits per heavy atom. The summed E-state index contributed by atoms with van der Waals surface area (Å²) in [5.74, 6) is -3.01. The van der Waals surface area contributed by atoms with Gasteiger partial charge in [0.25, 0.3) is 0 Å². The molecule has 0 bridgehead atoms. The number of hydrogen-bond acceptors (Lipinski definition) is 2. The molecule has 20 heavy (non-hydrogen) atoms. The third kappa shape index (κ3) is 2.95. The van der Waals surface area contributed by atoms with E-state index < -0.39 is 29.0 Å². The van der Waals surface area contributed by atoms with Crippen LogP contribution in [0.4, 0.5) is 8.78 Å². The Kier molecular flexibility index (Phi) is 4.01. The van der Waals surface area contributed by atoms with Crippen molar-refractivity contribution < 1.29 is 23.5 Å². The van der Waals surface area contributed by atoms with E-state index >= 15 is 0 Å². The number of nitrogens with one attached hydrogen (secondary N) is 1. The lowest BCUT2D eigenvalue weighted by atomic mass is 9.97. The van der Waals surface area contributed by atoms with Gasteiger partial charge < -0.3 is 10.4 Å². The highest BCUT2D eigenvalue weighted by Gasteiger charge is 2.42. The Morgan fingerprint density at radius 2 is 1.90 bits per heavy atom. The fraction of sp³-hybridized carbons (Fsp3) is 0.429. The Hall–Kier alpha value is -1.98. The van der Waals surface area contributed by atoms with Gasteiger partial charge in [0.1, 0.15) is 17.2 Å². The molecule has 2 N–H and O–H groups in total. The number of carboxylic acids is 1. The van der Waals surface area contributed by atoms with Crippen molar-refractivity contribution in [3.05, 3.63) is 35.4 Å². The number of aliphatic carboxylic acids is 1. The maximum Gasteiger partial charge on any atom is 0.329 e. The normalized spacial score (nSPS) is 16.9. The van der Waals surface area contributed by atoms with Crippen LogP contribution in [0.1, 0.15) is 31.2 Å². The number of carboxylic acid groups (broad SMARTS) is 1. The monoisotopic (exact) mass is 283 g/mol. The minimum Gasteiger partial charge on any atom is -0.480 e. The lowest BCUT2D eigenvalue weighted by Gasteiger charge is -2.25. The Bertz CT molecular complexity index is 539. The van der Waals surface area contributed by atoms with Crippen molar-refractivity contribution in [2.45, 2.75) is 37.6 Å². The highest BCUT2D eigenvalue weighted by molar-refractivity contribution is 5.88. The highest BCUT2D eigenvalue weighted by Crippen LogP contribution is 2.30. The summed E-state index contributed by atoms with van der Waals surface area (Å²) in [5, 5.41) is 11.7. The van der Waals surface area contributed by atoms with E-state index in [1.54, 1.807) is 0 Å². The standard InChI is InChI=1S/C14H15F2NO3/c15-10-3-4-11(16)9(7-10)8-12(18)17-14(13(19)20)5-1-2-6-14/h3-4,7H,1-2,5-6,8H2,(H,17,18)(H,19,20). The SMILES string of the molecule is O=C(Cc1cc(F)ccc1F)NC1(C(=O)O)CCCC1. The van der Waals surface area contributed by atoms with E-state index in [0.717, 1.165) is 31.0 Å². The van der Waals surface area contributed by atoms with Gasteiger partial charge in [-0.2, -0.15) is 0 Å². The summed E-state index contributed by atoms with van der Waals surface area (Å²) in [5.41, 5.74) is -1.35. The summed E-state index contributed by atoms with van der Waals surface area (Å²) in [6.07, 6.45) is 1.79. The molecular formula is C14H15F2NO3. The number of carbonyl (C=O) groups excluding carboxylic acids is 1. The van der Waals surface area contributed by atoms with E-state index in [0.29, 0.717) is 12.8 Å². The van der Waals surface area contributed by atoms with Crippen molar-refractivity contribution in [3.63, 3.8) is 0 Å². The van der Waals surface area contributed by atoms with Gasteiger partial charge in [0.15, 0.2) is 0 Å². The zero-order chi connectivity index (χ0) is 14.8. The number of halogens is 2. The van der Waals surface area contributed by atoms with Crippen LogP contribution in [0.15, 0.2) is 18.2 Å². The van der Waals surface area contributed by atoms with Crippen LogP contribution >= 0.6 is 0 Å². The van der Waals surface area contributed by atoms with Crippen molar-refractivity contribution in [2.75, 3.05) is 0 Å². The van der Waals surface area contributed by atoms with E-state index in [1.807, 2.05) is 0 Å². The molecule has 4 nitrogen and oxygen atoms in total. The first kappa shape index (κ1) is 14.4. The molecule has 1 aliphatic rings. The molecule has 1 amide bonds. The first-order chi connectivity index (χ1) is 9.43. The molecule has 0 heterocycles. The molecule has 1 aliphatic carbocycles. The quantitative estimate of drug-likeness (QED) is 0.888. The second-order valence-electron chi connectivity index (χ2n) is 5.06. The van der Waals surface area contributed by atoms with Gasteiger partial charge in [-0.15, -0.1) is 0 Å². The average Bonchev–Trinajstić information content (AvgIpc) is 2.83. The smallest absolute Gasteiger partial charge is 0.329 e. The summed E-state index contributed by atoms with van der Waals surface area (Å²) < 4.78 is 26.4. The molecule has 1 aromatic rings. The largest absolute Gasteiger partial charge is 0.480 e. The summed E-state index contributed by atoms with van der Waals surface area (Å²) in [7, 11) is 0. The molecule has 0 spiro atoms. The lowest BCUT2D eigenvalue weighted by molar-refractivity contribution is -0.147. The molecule has 6 heteroatoms. The fourth-order valence-corrected chi connectivity index (χ4v) is 2.53. The molecule has 0 aliphatic heterocycles. The van der Waals surface area contributed by atoms with E-state index in [2.05, 4.69) is 5.32 Å². The molecule has 1 saturated carbocycles. The van der Waals surface area contributed by atoms with E-state index in [9.17, 15) is 23.5 Å². The number of amides is 1. The Morgan fingerprint density at radius 3 is 2.50 bits per heavy atom. The zero-order valence-corrected chi connectivity index (χ0v) is 10.8. The first-order valence-corrected chi connectivity index (χ1v) is 6.41. The average molecular weight is 283 g/mol. The zero-order valence-electron chi connectivity index (χ0n) is 10.8.